The second-order valence-corrected chi connectivity index (χ2v) is 9.94. The molecule has 0 aromatic rings. The van der Waals surface area contributed by atoms with Gasteiger partial charge in [0.1, 0.15) is 6.04 Å². The molecule has 11 N–H and O–H groups in total. The maximum atomic E-state index is 14.0. The fraction of sp³-hybridized carbons (Fsp3) is 0.739. The molecule has 0 fully saturated rings. The number of ketones is 2. The first-order valence-electron chi connectivity index (χ1n) is 11.9. The van der Waals surface area contributed by atoms with Crippen LogP contribution in [0.1, 0.15) is 54.4 Å². The first kappa shape index (κ1) is 34.2. The fourth-order valence-corrected chi connectivity index (χ4v) is 3.98. The van der Waals surface area contributed by atoms with E-state index in [2.05, 4.69) is 0 Å². The number of Topliss-reactive ketones (excluding diaryl/α,β-unsaturated/α-hetero) is 2. The van der Waals surface area contributed by atoms with Crippen LogP contribution in [0.4, 0.5) is 0 Å². The van der Waals surface area contributed by atoms with Crippen LogP contribution in [-0.2, 0) is 28.8 Å². The molecule has 14 heteroatoms. The monoisotopic (exact) mass is 531 g/mol. The molecule has 0 saturated heterocycles. The quantitative estimate of drug-likeness (QED) is 0.111. The van der Waals surface area contributed by atoms with Crippen LogP contribution in [0.3, 0.4) is 0 Å². The van der Waals surface area contributed by atoms with Crippen molar-refractivity contribution in [2.24, 2.45) is 40.7 Å². The number of carbonyl (C=O) groups excluding carboxylic acids is 4. The lowest BCUT2D eigenvalue weighted by molar-refractivity contribution is -0.180. The Morgan fingerprint density at radius 2 is 1.27 bits per heavy atom. The summed E-state index contributed by atoms with van der Waals surface area (Å²) in [4.78, 5) is 78.7. The lowest BCUT2D eigenvalue weighted by atomic mass is 9.66. The first-order valence-corrected chi connectivity index (χ1v) is 11.9. The Kier molecular flexibility index (Phi) is 12.6. The molecule has 0 bridgehead atoms. The molecule has 0 aromatic heterocycles. The van der Waals surface area contributed by atoms with Crippen molar-refractivity contribution in [3.8, 4) is 0 Å². The van der Waals surface area contributed by atoms with Gasteiger partial charge in [0.05, 0.1) is 30.1 Å². The minimum Gasteiger partial charge on any atom is -0.481 e. The molecular formula is C23H41N5O9. The van der Waals surface area contributed by atoms with Crippen molar-refractivity contribution in [3.05, 3.63) is 0 Å². The van der Waals surface area contributed by atoms with E-state index in [0.29, 0.717) is 0 Å². The maximum absolute atomic E-state index is 14.0. The number of hydrogen-bond donors (Lipinski definition) is 7. The van der Waals surface area contributed by atoms with E-state index in [0.717, 1.165) is 13.8 Å². The predicted octanol–water partition coefficient (Wildman–Crippen LogP) is -2.19. The van der Waals surface area contributed by atoms with Gasteiger partial charge < -0.3 is 38.3 Å². The van der Waals surface area contributed by atoms with Crippen LogP contribution in [-0.4, -0.2) is 91.3 Å². The van der Waals surface area contributed by atoms with Crippen molar-refractivity contribution < 1.29 is 44.1 Å². The van der Waals surface area contributed by atoms with Crippen molar-refractivity contribution in [3.63, 3.8) is 0 Å². The summed E-state index contributed by atoms with van der Waals surface area (Å²) in [5, 5.41) is 29.6. The number of nitrogens with zero attached hydrogens (tertiary/aromatic N) is 1. The number of hydrogen-bond acceptors (Lipinski definition) is 11. The molecule has 37 heavy (non-hydrogen) atoms. The lowest BCUT2D eigenvalue weighted by Gasteiger charge is -2.47. The Morgan fingerprint density at radius 3 is 1.59 bits per heavy atom. The zero-order valence-electron chi connectivity index (χ0n) is 22.1. The Hall–Kier alpha value is -2.78. The van der Waals surface area contributed by atoms with Crippen LogP contribution < -0.4 is 22.9 Å². The highest BCUT2D eigenvalue weighted by Gasteiger charge is 2.65. The number of amides is 2. The number of carboxylic acid groups (broad SMARTS) is 2. The zero-order valence-corrected chi connectivity index (χ0v) is 22.1. The second kappa shape index (κ2) is 13.7. The highest BCUT2D eigenvalue weighted by molar-refractivity contribution is 6.20. The number of aliphatic hydroxyl groups excluding tert-OH is 1. The molecule has 2 amide bonds. The van der Waals surface area contributed by atoms with Gasteiger partial charge in [-0.15, -0.1) is 0 Å². The fourth-order valence-electron chi connectivity index (χ4n) is 3.98. The zero-order chi connectivity index (χ0) is 29.6. The molecule has 0 aliphatic carbocycles. The number of carboxylic acids is 2. The molecule has 0 rings (SSSR count). The molecule has 14 nitrogen and oxygen atoms in total. The molecule has 0 spiro atoms. The molecule has 0 aliphatic rings. The van der Waals surface area contributed by atoms with Crippen LogP contribution in [0.5, 0.6) is 0 Å². The Balaban J connectivity index is 7.74. The summed E-state index contributed by atoms with van der Waals surface area (Å²) in [6.07, 6.45) is -2.56. The Labute approximate surface area is 215 Å². The summed E-state index contributed by atoms with van der Waals surface area (Å²) in [6.45, 7) is 7.94. The minimum atomic E-state index is -3.26. The van der Waals surface area contributed by atoms with Gasteiger partial charge in [-0.2, -0.15) is 0 Å². The van der Waals surface area contributed by atoms with Crippen molar-refractivity contribution >= 4 is 35.3 Å². The van der Waals surface area contributed by atoms with E-state index in [1.54, 1.807) is 0 Å². The second-order valence-electron chi connectivity index (χ2n) is 9.94. The molecule has 0 aliphatic heterocycles. The summed E-state index contributed by atoms with van der Waals surface area (Å²) >= 11 is 0. The summed E-state index contributed by atoms with van der Waals surface area (Å²) in [7, 11) is 0. The van der Waals surface area contributed by atoms with Crippen LogP contribution in [0.2, 0.25) is 0 Å². The van der Waals surface area contributed by atoms with Gasteiger partial charge in [0.25, 0.3) is 0 Å². The Morgan fingerprint density at radius 1 is 0.784 bits per heavy atom. The largest absolute Gasteiger partial charge is 0.481 e. The van der Waals surface area contributed by atoms with E-state index in [9.17, 15) is 39.0 Å². The van der Waals surface area contributed by atoms with Gasteiger partial charge >= 0.3 is 11.9 Å². The molecule has 7 unspecified atom stereocenters. The van der Waals surface area contributed by atoms with E-state index in [1.165, 1.54) is 27.7 Å². The van der Waals surface area contributed by atoms with Crippen molar-refractivity contribution in [1.82, 2.24) is 4.90 Å². The molecule has 0 heterocycles. The summed E-state index contributed by atoms with van der Waals surface area (Å²) in [5.74, 6) is -12.3. The lowest BCUT2D eigenvalue weighted by Crippen LogP contribution is -2.76. The van der Waals surface area contributed by atoms with Crippen molar-refractivity contribution in [1.29, 1.82) is 0 Å². The van der Waals surface area contributed by atoms with E-state index >= 15 is 0 Å². The summed E-state index contributed by atoms with van der Waals surface area (Å²) in [6, 6.07) is -6.58. The van der Waals surface area contributed by atoms with Gasteiger partial charge in [0.15, 0.2) is 11.6 Å². The van der Waals surface area contributed by atoms with Gasteiger partial charge in [0, 0.05) is 6.42 Å². The number of aliphatic hydroxyl groups is 1. The average Bonchev–Trinajstić information content (AvgIpc) is 2.78. The third-order valence-electron chi connectivity index (χ3n) is 6.17. The normalized spacial score (nSPS) is 18.2. The maximum Gasteiger partial charge on any atom is 0.338 e. The topological polar surface area (TPSA) is 270 Å². The van der Waals surface area contributed by atoms with E-state index in [-0.39, 0.29) is 4.90 Å². The average molecular weight is 532 g/mol. The number of aliphatic carboxylic acids is 2. The molecular weight excluding hydrogens is 490 g/mol. The molecule has 0 saturated carbocycles. The molecule has 7 atom stereocenters. The predicted molar refractivity (Wildman–Crippen MR) is 132 cm³/mol. The highest BCUT2D eigenvalue weighted by atomic mass is 16.4. The van der Waals surface area contributed by atoms with Crippen LogP contribution >= 0.6 is 0 Å². The number of imide groups is 1. The molecule has 0 radical (unpaired) electrons. The van der Waals surface area contributed by atoms with Crippen molar-refractivity contribution in [2.45, 2.75) is 90.2 Å². The van der Waals surface area contributed by atoms with Crippen LogP contribution in [0.25, 0.3) is 0 Å². The van der Waals surface area contributed by atoms with Gasteiger partial charge in [0.2, 0.25) is 17.4 Å². The van der Waals surface area contributed by atoms with Gasteiger partial charge in [-0.1, -0.05) is 27.7 Å². The minimum absolute atomic E-state index is 0.0362. The van der Waals surface area contributed by atoms with Gasteiger partial charge in [-0.3, -0.25) is 28.9 Å². The molecule has 212 valence electrons. The van der Waals surface area contributed by atoms with Crippen molar-refractivity contribution in [2.75, 3.05) is 0 Å². The Bertz CT molecular complexity index is 890. The summed E-state index contributed by atoms with van der Waals surface area (Å²) in [5.41, 5.74) is 20.2. The number of rotatable bonds is 15. The van der Waals surface area contributed by atoms with E-state index in [1.807, 2.05) is 0 Å². The van der Waals surface area contributed by atoms with E-state index < -0.39 is 102 Å². The third-order valence-corrected chi connectivity index (χ3v) is 6.17. The highest BCUT2D eigenvalue weighted by Crippen LogP contribution is 2.37. The van der Waals surface area contributed by atoms with E-state index in [4.69, 9.17) is 28.0 Å². The number of carbonyl (C=O) groups is 6. The van der Waals surface area contributed by atoms with Gasteiger partial charge in [-0.25, -0.2) is 4.79 Å². The van der Waals surface area contributed by atoms with Crippen LogP contribution in [0, 0.1) is 17.8 Å². The standard InChI is InChI=1S/C23H41N5O9/c1-9(2)15(18(32)13(25)7-8-14(30)31)23(22(36)37,19(33)16(26)10(3)4)28(20(34)11(5)24)21(35)17(27)12(6)29/h9-13,15-17,29H,7-8,24-27H2,1-6H3,(H,30,31)(H,36,37). The van der Waals surface area contributed by atoms with Crippen LogP contribution in [0.15, 0.2) is 0 Å². The summed E-state index contributed by atoms with van der Waals surface area (Å²) < 4.78 is 0. The van der Waals surface area contributed by atoms with Gasteiger partial charge in [-0.05, 0) is 32.1 Å². The SMILES string of the molecule is CC(N)C(=O)N(C(=O)C(N)C(C)O)C(C(=O)O)(C(=O)C(N)C(C)C)C(C(=O)C(N)CCC(=O)O)C(C)C. The molecule has 0 aromatic carbocycles. The third kappa shape index (κ3) is 7.38. The number of nitrogens with two attached hydrogens (primary N) is 4. The smallest absolute Gasteiger partial charge is 0.338 e. The first-order chi connectivity index (χ1) is 16.8.